The quantitative estimate of drug-likeness (QED) is 0.763. The number of aromatic nitrogens is 1. The molecule has 1 atom stereocenters. The van der Waals surface area contributed by atoms with Crippen LogP contribution < -0.4 is 16.0 Å². The Hall–Kier alpha value is -3.09. The van der Waals surface area contributed by atoms with Crippen molar-refractivity contribution in [3.63, 3.8) is 0 Å². The molecule has 3 N–H and O–H groups in total. The number of para-hydroxylation sites is 1. The van der Waals surface area contributed by atoms with Crippen molar-refractivity contribution in [1.29, 1.82) is 0 Å². The third-order valence-corrected chi connectivity index (χ3v) is 4.23. The lowest BCUT2D eigenvalue weighted by Gasteiger charge is -2.14. The lowest BCUT2D eigenvalue weighted by atomic mass is 10.1. The van der Waals surface area contributed by atoms with Gasteiger partial charge in [0.25, 0.3) is 5.91 Å². The molecule has 3 amide bonds. The van der Waals surface area contributed by atoms with Crippen LogP contribution in [0.2, 0.25) is 0 Å². The van der Waals surface area contributed by atoms with Crippen LogP contribution in [0.4, 0.5) is 5.69 Å². The summed E-state index contributed by atoms with van der Waals surface area (Å²) in [5.41, 5.74) is 1.90. The van der Waals surface area contributed by atoms with E-state index in [0.29, 0.717) is 17.8 Å². The van der Waals surface area contributed by atoms with Crippen LogP contribution in [0.25, 0.3) is 0 Å². The molecule has 0 saturated carbocycles. The summed E-state index contributed by atoms with van der Waals surface area (Å²) in [5, 5.41) is 8.24. The van der Waals surface area contributed by atoms with E-state index in [1.54, 1.807) is 24.3 Å². The first-order chi connectivity index (χ1) is 12.0. The lowest BCUT2D eigenvalue weighted by Crippen LogP contribution is -2.42. The number of fused-ring (bicyclic) bond motifs is 1. The summed E-state index contributed by atoms with van der Waals surface area (Å²) in [6.07, 6.45) is 2.30. The molecule has 0 saturated heterocycles. The standard InChI is InChI=1S/C18H20N4O3/c1-22-10-4-5-12(22)11-19-16(23)9-8-15-18(25)20-14-7-3-2-6-13(14)17(24)21-15/h2-7,10,15H,8-9,11H2,1H3,(H,19,23)(H,20,25)(H,21,24)/t15-/m0/s1. The van der Waals surface area contributed by atoms with Crippen molar-refractivity contribution in [3.05, 3.63) is 53.9 Å². The Kier molecular flexibility index (Phi) is 4.83. The predicted molar refractivity (Wildman–Crippen MR) is 92.8 cm³/mol. The molecule has 0 spiro atoms. The largest absolute Gasteiger partial charge is 0.353 e. The molecule has 3 rings (SSSR count). The fraction of sp³-hybridized carbons (Fsp3) is 0.278. The summed E-state index contributed by atoms with van der Waals surface area (Å²) < 4.78 is 1.93. The molecule has 2 aromatic rings. The van der Waals surface area contributed by atoms with Gasteiger partial charge in [-0.3, -0.25) is 14.4 Å². The summed E-state index contributed by atoms with van der Waals surface area (Å²) in [6.45, 7) is 0.428. The van der Waals surface area contributed by atoms with Gasteiger partial charge in [-0.1, -0.05) is 12.1 Å². The van der Waals surface area contributed by atoms with Gasteiger partial charge in [0.2, 0.25) is 11.8 Å². The molecule has 0 fully saturated rings. The van der Waals surface area contributed by atoms with Gasteiger partial charge in [0.15, 0.2) is 0 Å². The Morgan fingerprint density at radius 3 is 2.76 bits per heavy atom. The number of anilines is 1. The average Bonchev–Trinajstić information content (AvgIpc) is 2.96. The van der Waals surface area contributed by atoms with Gasteiger partial charge < -0.3 is 20.5 Å². The molecule has 1 aliphatic heterocycles. The monoisotopic (exact) mass is 340 g/mol. The van der Waals surface area contributed by atoms with Crippen molar-refractivity contribution in [3.8, 4) is 0 Å². The highest BCUT2D eigenvalue weighted by molar-refractivity contribution is 6.09. The number of benzene rings is 1. The van der Waals surface area contributed by atoms with Crippen molar-refractivity contribution in [2.75, 3.05) is 5.32 Å². The zero-order valence-corrected chi connectivity index (χ0v) is 13.9. The van der Waals surface area contributed by atoms with Gasteiger partial charge >= 0.3 is 0 Å². The molecule has 130 valence electrons. The normalized spacial score (nSPS) is 16.4. The summed E-state index contributed by atoms with van der Waals surface area (Å²) in [6, 6.07) is 9.93. The van der Waals surface area contributed by atoms with E-state index in [1.807, 2.05) is 29.9 Å². The Morgan fingerprint density at radius 2 is 2.00 bits per heavy atom. The minimum absolute atomic E-state index is 0.152. The van der Waals surface area contributed by atoms with E-state index < -0.39 is 6.04 Å². The third-order valence-electron chi connectivity index (χ3n) is 4.23. The fourth-order valence-corrected chi connectivity index (χ4v) is 2.75. The third kappa shape index (κ3) is 3.88. The number of hydrogen-bond donors (Lipinski definition) is 3. The minimum atomic E-state index is -0.735. The molecular formula is C18H20N4O3. The number of carbonyl (C=O) groups excluding carboxylic acids is 3. The molecule has 7 heteroatoms. The Balaban J connectivity index is 1.54. The van der Waals surface area contributed by atoms with Crippen LogP contribution in [-0.4, -0.2) is 28.3 Å². The van der Waals surface area contributed by atoms with Gasteiger partial charge in [0.05, 0.1) is 17.8 Å². The van der Waals surface area contributed by atoms with E-state index in [2.05, 4.69) is 16.0 Å². The minimum Gasteiger partial charge on any atom is -0.353 e. The molecule has 1 aromatic heterocycles. The highest BCUT2D eigenvalue weighted by atomic mass is 16.2. The van der Waals surface area contributed by atoms with Crippen molar-refractivity contribution >= 4 is 23.4 Å². The summed E-state index contributed by atoms with van der Waals surface area (Å²) in [7, 11) is 1.91. The van der Waals surface area contributed by atoms with Crippen LogP contribution >= 0.6 is 0 Å². The topological polar surface area (TPSA) is 92.2 Å². The molecule has 0 aliphatic carbocycles. The number of nitrogens with zero attached hydrogens (tertiary/aromatic N) is 1. The number of carbonyl (C=O) groups is 3. The molecule has 0 radical (unpaired) electrons. The van der Waals surface area contributed by atoms with E-state index in [1.165, 1.54) is 0 Å². The maximum Gasteiger partial charge on any atom is 0.254 e. The molecule has 7 nitrogen and oxygen atoms in total. The summed E-state index contributed by atoms with van der Waals surface area (Å²) in [5.74, 6) is -0.790. The Labute approximate surface area is 145 Å². The molecule has 1 aliphatic rings. The Bertz CT molecular complexity index is 812. The zero-order chi connectivity index (χ0) is 17.8. The van der Waals surface area contributed by atoms with Gasteiger partial charge in [-0.2, -0.15) is 0 Å². The molecular weight excluding hydrogens is 320 g/mol. The summed E-state index contributed by atoms with van der Waals surface area (Å²) >= 11 is 0. The first kappa shape index (κ1) is 16.8. The second kappa shape index (κ2) is 7.21. The predicted octanol–water partition coefficient (Wildman–Crippen LogP) is 1.17. The van der Waals surface area contributed by atoms with Crippen LogP contribution in [0.1, 0.15) is 28.9 Å². The molecule has 2 heterocycles. The average molecular weight is 340 g/mol. The second-order valence-corrected chi connectivity index (χ2v) is 5.99. The van der Waals surface area contributed by atoms with Crippen molar-refractivity contribution in [1.82, 2.24) is 15.2 Å². The second-order valence-electron chi connectivity index (χ2n) is 5.99. The van der Waals surface area contributed by atoms with Crippen molar-refractivity contribution in [2.45, 2.75) is 25.4 Å². The number of rotatable bonds is 5. The maximum atomic E-state index is 12.3. The molecule has 0 unspecified atom stereocenters. The smallest absolute Gasteiger partial charge is 0.254 e. The van der Waals surface area contributed by atoms with Crippen LogP contribution in [0.3, 0.4) is 0 Å². The van der Waals surface area contributed by atoms with Crippen LogP contribution in [-0.2, 0) is 23.2 Å². The highest BCUT2D eigenvalue weighted by Gasteiger charge is 2.27. The number of hydrogen-bond acceptors (Lipinski definition) is 3. The van der Waals surface area contributed by atoms with E-state index in [0.717, 1.165) is 5.69 Å². The van der Waals surface area contributed by atoms with Gasteiger partial charge in [0, 0.05) is 25.4 Å². The fourth-order valence-electron chi connectivity index (χ4n) is 2.75. The first-order valence-corrected chi connectivity index (χ1v) is 8.12. The van der Waals surface area contributed by atoms with Crippen LogP contribution in [0.15, 0.2) is 42.6 Å². The van der Waals surface area contributed by atoms with Crippen molar-refractivity contribution < 1.29 is 14.4 Å². The SMILES string of the molecule is Cn1cccc1CNC(=O)CC[C@@H]1NC(=O)c2ccccc2NC1=O. The highest BCUT2D eigenvalue weighted by Crippen LogP contribution is 2.19. The number of aryl methyl sites for hydroxylation is 1. The number of amides is 3. The van der Waals surface area contributed by atoms with Gasteiger partial charge in [-0.25, -0.2) is 0 Å². The van der Waals surface area contributed by atoms with E-state index in [9.17, 15) is 14.4 Å². The lowest BCUT2D eigenvalue weighted by molar-refractivity contribution is -0.122. The van der Waals surface area contributed by atoms with Crippen LogP contribution in [0.5, 0.6) is 0 Å². The van der Waals surface area contributed by atoms with Gasteiger partial charge in [-0.15, -0.1) is 0 Å². The molecule has 25 heavy (non-hydrogen) atoms. The Morgan fingerprint density at radius 1 is 1.20 bits per heavy atom. The van der Waals surface area contributed by atoms with E-state index >= 15 is 0 Å². The molecule has 0 bridgehead atoms. The number of nitrogens with one attached hydrogen (secondary N) is 3. The van der Waals surface area contributed by atoms with E-state index in [-0.39, 0.29) is 30.6 Å². The maximum absolute atomic E-state index is 12.3. The van der Waals surface area contributed by atoms with Gasteiger partial charge in [0.1, 0.15) is 6.04 Å². The molecule has 1 aromatic carbocycles. The zero-order valence-electron chi connectivity index (χ0n) is 13.9. The first-order valence-electron chi connectivity index (χ1n) is 8.12. The van der Waals surface area contributed by atoms with Crippen molar-refractivity contribution in [2.24, 2.45) is 7.05 Å². The van der Waals surface area contributed by atoms with Crippen LogP contribution in [0, 0.1) is 0 Å². The van der Waals surface area contributed by atoms with E-state index in [4.69, 9.17) is 0 Å². The summed E-state index contributed by atoms with van der Waals surface area (Å²) in [4.78, 5) is 36.5. The van der Waals surface area contributed by atoms with Gasteiger partial charge in [-0.05, 0) is 30.7 Å².